The predicted octanol–water partition coefficient (Wildman–Crippen LogP) is 7.03. The van der Waals surface area contributed by atoms with E-state index >= 15 is 9.18 Å². The molecule has 0 bridgehead atoms. The molecule has 2 atom stereocenters. The van der Waals surface area contributed by atoms with Gasteiger partial charge in [-0.3, -0.25) is 18.9 Å². The van der Waals surface area contributed by atoms with Gasteiger partial charge in [0, 0.05) is 85.3 Å². The third-order valence-electron chi connectivity index (χ3n) is 13.4. The maximum atomic E-state index is 15.4. The number of aryl methyl sites for hydroxylation is 3. The van der Waals surface area contributed by atoms with Gasteiger partial charge in [-0.1, -0.05) is 0 Å². The van der Waals surface area contributed by atoms with Crippen LogP contribution in [0.2, 0.25) is 0 Å². The maximum Gasteiger partial charge on any atom is 0.338 e. The summed E-state index contributed by atoms with van der Waals surface area (Å²) < 4.78 is 51.4. The van der Waals surface area contributed by atoms with Crippen LogP contribution in [0.4, 0.5) is 4.39 Å². The Morgan fingerprint density at radius 1 is 0.952 bits per heavy atom. The van der Waals surface area contributed by atoms with Crippen LogP contribution in [-0.2, 0) is 26.4 Å². The molecule has 15 nitrogen and oxygen atoms in total. The molecule has 0 radical (unpaired) electrons. The molecule has 3 aliphatic heterocycles. The van der Waals surface area contributed by atoms with E-state index in [0.717, 1.165) is 41.6 Å². The first kappa shape index (κ1) is 39.6. The summed E-state index contributed by atoms with van der Waals surface area (Å²) >= 11 is 0. The lowest BCUT2D eigenvalue weighted by Crippen LogP contribution is -2.41. The highest BCUT2D eigenvalue weighted by Gasteiger charge is 2.54. The molecule has 2 fully saturated rings. The van der Waals surface area contributed by atoms with Gasteiger partial charge < -0.3 is 18.6 Å². The lowest BCUT2D eigenvalue weighted by Gasteiger charge is -2.34. The van der Waals surface area contributed by atoms with Crippen molar-refractivity contribution in [1.82, 2.24) is 43.6 Å². The van der Waals surface area contributed by atoms with Crippen molar-refractivity contribution < 1.29 is 22.5 Å². The third kappa shape index (κ3) is 6.32. The number of imidazole rings is 1. The molecule has 0 unspecified atom stereocenters. The summed E-state index contributed by atoms with van der Waals surface area (Å²) in [6, 6.07) is 14.1. The quantitative estimate of drug-likeness (QED) is 0.156. The number of hydrogen-bond donors (Lipinski definition) is 0. The largest absolute Gasteiger partial charge is 0.423 e. The number of rotatable bonds is 8. The standard InChI is InChI=1S/C46H47FN10O5S/c1-27-22-34(23-28(2)41(27)47)57-42(55-18-17-54(45(55)59)33-6-8-35(9-7-33)63(60)21-5-15-49-63)40-29(3)53(16-10-36(40)52-57)43(58)38-25-32-24-37(31-11-19-61-20-12-31)48-26-39(32)56(38)46(13-14-46)44-51-50-30(4)62-44/h6-9,17-18,22-26,29,31H,5,10-16,19-21H2,1-4H3/t29-,63-/m0/s1. The molecular weight excluding hydrogens is 824 g/mol. The molecule has 0 spiro atoms. The van der Waals surface area contributed by atoms with Gasteiger partial charge in [0.25, 0.3) is 5.91 Å². The van der Waals surface area contributed by atoms with Gasteiger partial charge in [-0.2, -0.15) is 5.10 Å². The Balaban J connectivity index is 1.03. The first-order chi connectivity index (χ1) is 30.4. The summed E-state index contributed by atoms with van der Waals surface area (Å²) in [6.45, 7) is 9.47. The molecule has 63 heavy (non-hydrogen) atoms. The number of fused-ring (bicyclic) bond motifs is 2. The van der Waals surface area contributed by atoms with E-state index in [1.54, 1.807) is 78.8 Å². The van der Waals surface area contributed by atoms with E-state index in [1.165, 1.54) is 4.57 Å². The second-order valence-corrected chi connectivity index (χ2v) is 19.8. The number of halogens is 1. The normalized spacial score (nSPS) is 20.9. The number of benzene rings is 2. The van der Waals surface area contributed by atoms with Crippen molar-refractivity contribution in [2.75, 3.05) is 32.1 Å². The van der Waals surface area contributed by atoms with E-state index in [-0.39, 0.29) is 23.3 Å². The summed E-state index contributed by atoms with van der Waals surface area (Å²) in [6.07, 6.45) is 9.65. The van der Waals surface area contributed by atoms with Gasteiger partial charge in [-0.15, -0.1) is 10.2 Å². The van der Waals surface area contributed by atoms with E-state index in [4.69, 9.17) is 19.2 Å². The molecule has 8 heterocycles. The molecule has 1 amide bonds. The second-order valence-electron chi connectivity index (χ2n) is 17.4. The zero-order chi connectivity index (χ0) is 43.4. The molecule has 1 saturated carbocycles. The van der Waals surface area contributed by atoms with Crippen molar-refractivity contribution in [3.8, 4) is 17.2 Å². The number of aromatic nitrogens is 8. The van der Waals surface area contributed by atoms with Crippen molar-refractivity contribution in [2.24, 2.45) is 4.36 Å². The Kier molecular flexibility index (Phi) is 9.24. The van der Waals surface area contributed by atoms with Gasteiger partial charge >= 0.3 is 5.69 Å². The van der Waals surface area contributed by atoms with Gasteiger partial charge in [0.05, 0.1) is 44.6 Å². The van der Waals surface area contributed by atoms with Gasteiger partial charge in [0.15, 0.2) is 0 Å². The molecule has 11 rings (SSSR count). The molecule has 1 saturated heterocycles. The van der Waals surface area contributed by atoms with Gasteiger partial charge in [0.1, 0.15) is 22.9 Å². The molecule has 17 heteroatoms. The SMILES string of the molecule is Cc1nnc(C2(n3c(C(=O)N4CCc5nn(-c6cc(C)c(F)c(C)c6)c(-n6ccn(-c7ccc([S@]8(=O)=NCCC8)cc7)c6=O)c5[C@@H]4C)cc4cc(C5CCOCC5)ncc43)CC2)o1. The number of ether oxygens (including phenoxy) is 1. The van der Waals surface area contributed by atoms with Gasteiger partial charge in [0.2, 0.25) is 11.8 Å². The predicted molar refractivity (Wildman–Crippen MR) is 232 cm³/mol. The molecule has 324 valence electrons. The number of hydrogen-bond acceptors (Lipinski definition) is 10. The molecule has 2 aromatic carbocycles. The fourth-order valence-electron chi connectivity index (χ4n) is 9.91. The van der Waals surface area contributed by atoms with Crippen LogP contribution in [0.3, 0.4) is 0 Å². The first-order valence-electron chi connectivity index (χ1n) is 21.7. The minimum Gasteiger partial charge on any atom is -0.423 e. The zero-order valence-corrected chi connectivity index (χ0v) is 36.4. The van der Waals surface area contributed by atoms with E-state index in [2.05, 4.69) is 25.2 Å². The van der Waals surface area contributed by atoms with Crippen molar-refractivity contribution in [3.63, 3.8) is 0 Å². The van der Waals surface area contributed by atoms with E-state index in [1.807, 2.05) is 24.1 Å². The van der Waals surface area contributed by atoms with Crippen molar-refractivity contribution in [1.29, 1.82) is 0 Å². The Hall–Kier alpha value is -6.20. The number of carbonyl (C=O) groups excluding carboxylic acids is 1. The lowest BCUT2D eigenvalue weighted by atomic mass is 9.95. The lowest BCUT2D eigenvalue weighted by molar-refractivity contribution is 0.0663. The highest BCUT2D eigenvalue weighted by atomic mass is 32.2. The Bertz CT molecular complexity index is 3150. The van der Waals surface area contributed by atoms with E-state index < -0.39 is 21.3 Å². The van der Waals surface area contributed by atoms with Crippen LogP contribution in [0.5, 0.6) is 0 Å². The maximum absolute atomic E-state index is 15.4. The fraction of sp³-hybridized carbons (Fsp3) is 0.391. The number of carbonyl (C=O) groups is 1. The minimum atomic E-state index is -2.46. The number of amides is 1. The summed E-state index contributed by atoms with van der Waals surface area (Å²) in [5.41, 5.74) is 4.72. The first-order valence-corrected chi connectivity index (χ1v) is 23.3. The average molecular weight is 871 g/mol. The second kappa shape index (κ2) is 14.7. The highest BCUT2D eigenvalue weighted by molar-refractivity contribution is 7.93. The van der Waals surface area contributed by atoms with Crippen LogP contribution >= 0.6 is 0 Å². The molecule has 5 aromatic heterocycles. The Morgan fingerprint density at radius 3 is 2.38 bits per heavy atom. The zero-order valence-electron chi connectivity index (χ0n) is 35.6. The monoisotopic (exact) mass is 870 g/mol. The Labute approximate surface area is 362 Å². The average Bonchev–Trinajstić information content (AvgIpc) is 3.80. The molecule has 4 aliphatic rings. The van der Waals surface area contributed by atoms with Crippen molar-refractivity contribution in [3.05, 3.63) is 129 Å². The highest BCUT2D eigenvalue weighted by Crippen LogP contribution is 2.52. The van der Waals surface area contributed by atoms with Crippen LogP contribution in [0.1, 0.15) is 101 Å². The van der Waals surface area contributed by atoms with Crippen LogP contribution in [-0.4, -0.2) is 85.7 Å². The van der Waals surface area contributed by atoms with E-state index in [0.29, 0.717) is 108 Å². The van der Waals surface area contributed by atoms with Crippen LogP contribution in [0.25, 0.3) is 28.1 Å². The van der Waals surface area contributed by atoms with Crippen molar-refractivity contribution in [2.45, 2.75) is 88.6 Å². The van der Waals surface area contributed by atoms with E-state index in [9.17, 15) is 9.00 Å². The van der Waals surface area contributed by atoms with Crippen molar-refractivity contribution >= 4 is 26.5 Å². The smallest absolute Gasteiger partial charge is 0.338 e. The molecule has 1 aliphatic carbocycles. The molecule has 0 N–H and O–H groups in total. The third-order valence-corrected chi connectivity index (χ3v) is 15.8. The summed E-state index contributed by atoms with van der Waals surface area (Å²) in [4.78, 5) is 37.5. The molecule has 7 aromatic rings. The fourth-order valence-corrected chi connectivity index (χ4v) is 11.9. The number of nitrogens with zero attached hydrogens (tertiary/aromatic N) is 10. The van der Waals surface area contributed by atoms with Crippen LogP contribution in [0.15, 0.2) is 85.6 Å². The molecular formula is C46H47FN10O5S. The Morgan fingerprint density at radius 2 is 1.70 bits per heavy atom. The minimum absolute atomic E-state index is 0.191. The topological polar surface area (TPSA) is 160 Å². The van der Waals surface area contributed by atoms with Gasteiger partial charge in [-0.25, -0.2) is 22.4 Å². The van der Waals surface area contributed by atoms with Gasteiger partial charge in [-0.05, 0) is 113 Å². The van der Waals surface area contributed by atoms with Crippen LogP contribution in [0, 0.1) is 26.6 Å². The van der Waals surface area contributed by atoms with Crippen LogP contribution < -0.4 is 5.69 Å². The summed E-state index contributed by atoms with van der Waals surface area (Å²) in [5.74, 6) is 1.66. The number of pyridine rings is 1. The summed E-state index contributed by atoms with van der Waals surface area (Å²) in [7, 11) is -2.46. The summed E-state index contributed by atoms with van der Waals surface area (Å²) in [5, 5.41) is 14.6.